The molecule has 0 radical (unpaired) electrons. The van der Waals surface area contributed by atoms with Crippen LogP contribution in [0.2, 0.25) is 5.02 Å². The van der Waals surface area contributed by atoms with Gasteiger partial charge in [0, 0.05) is 45.4 Å². The number of carbonyl (C=O) groups excluding carboxylic acids is 1. The second kappa shape index (κ2) is 11.2. The van der Waals surface area contributed by atoms with Gasteiger partial charge in [-0.3, -0.25) is 9.59 Å². The number of anilines is 1. The van der Waals surface area contributed by atoms with Crippen molar-refractivity contribution in [2.24, 2.45) is 0 Å². The van der Waals surface area contributed by atoms with Crippen molar-refractivity contribution >= 4 is 29.2 Å². The van der Waals surface area contributed by atoms with E-state index in [1.165, 1.54) is 54.7 Å². The number of hydrogen-bond acceptors (Lipinski definition) is 3. The Labute approximate surface area is 215 Å². The van der Waals surface area contributed by atoms with Crippen LogP contribution in [0.5, 0.6) is 0 Å². The van der Waals surface area contributed by atoms with E-state index in [1.54, 1.807) is 0 Å². The van der Waals surface area contributed by atoms with E-state index in [2.05, 4.69) is 10.3 Å². The van der Waals surface area contributed by atoms with Crippen molar-refractivity contribution in [2.45, 2.75) is 18.8 Å². The van der Waals surface area contributed by atoms with E-state index in [0.717, 1.165) is 5.56 Å². The number of amides is 1. The standard InChI is InChI=1S/C28H21ClF2N2O4/c29-18-8-11-20(26(30)31)21(13-18)24-14-25(34)23(15-32-24)22(12-16-4-2-1-3-5-16)27(35)33-19-9-6-17(7-10-19)28(36)37/h1-11,13-15,22,26H,12H2,(H,32,34)(H,33,35)(H,36,37)/t22-/m0/s1. The van der Waals surface area contributed by atoms with Gasteiger partial charge in [-0.05, 0) is 48.4 Å². The first-order valence-electron chi connectivity index (χ1n) is 11.2. The number of hydrogen-bond donors (Lipinski definition) is 3. The molecule has 1 heterocycles. The summed E-state index contributed by atoms with van der Waals surface area (Å²) in [7, 11) is 0. The minimum Gasteiger partial charge on any atom is -0.478 e. The quantitative estimate of drug-likeness (QED) is 0.253. The van der Waals surface area contributed by atoms with Gasteiger partial charge in [-0.2, -0.15) is 0 Å². The maximum atomic E-state index is 13.6. The number of nitrogens with one attached hydrogen (secondary N) is 2. The van der Waals surface area contributed by atoms with Crippen LogP contribution in [-0.4, -0.2) is 22.0 Å². The average molecular weight is 523 g/mol. The van der Waals surface area contributed by atoms with Gasteiger partial charge in [-0.25, -0.2) is 13.6 Å². The van der Waals surface area contributed by atoms with Crippen LogP contribution in [0.4, 0.5) is 14.5 Å². The largest absolute Gasteiger partial charge is 0.478 e. The molecule has 0 saturated carbocycles. The minimum atomic E-state index is -2.78. The zero-order valence-electron chi connectivity index (χ0n) is 19.3. The van der Waals surface area contributed by atoms with E-state index in [4.69, 9.17) is 16.7 Å². The van der Waals surface area contributed by atoms with E-state index in [1.807, 2.05) is 30.3 Å². The third-order valence-corrected chi connectivity index (χ3v) is 6.09. The molecule has 6 nitrogen and oxygen atoms in total. The summed E-state index contributed by atoms with van der Waals surface area (Å²) in [4.78, 5) is 40.5. The third kappa shape index (κ3) is 6.10. The fraction of sp³-hybridized carbons (Fsp3) is 0.107. The number of aromatic amines is 1. The Morgan fingerprint density at radius 1 is 0.946 bits per heavy atom. The molecule has 0 aliphatic carbocycles. The summed E-state index contributed by atoms with van der Waals surface area (Å²) in [5, 5.41) is 12.0. The lowest BCUT2D eigenvalue weighted by Crippen LogP contribution is -2.27. The number of carbonyl (C=O) groups is 2. The number of H-pyrrole nitrogens is 1. The molecule has 0 saturated heterocycles. The van der Waals surface area contributed by atoms with Gasteiger partial charge in [0.2, 0.25) is 5.91 Å². The molecule has 1 amide bonds. The fourth-order valence-electron chi connectivity index (χ4n) is 3.98. The molecular weight excluding hydrogens is 502 g/mol. The Balaban J connectivity index is 1.70. The molecule has 1 aromatic heterocycles. The topological polar surface area (TPSA) is 99.3 Å². The molecule has 0 bridgehead atoms. The molecule has 0 fully saturated rings. The Bertz CT molecular complexity index is 1490. The molecule has 0 spiro atoms. The van der Waals surface area contributed by atoms with Crippen molar-refractivity contribution in [2.75, 3.05) is 5.32 Å². The lowest BCUT2D eigenvalue weighted by Gasteiger charge is -2.18. The van der Waals surface area contributed by atoms with E-state index in [0.29, 0.717) is 5.69 Å². The van der Waals surface area contributed by atoms with Gasteiger partial charge in [-0.15, -0.1) is 0 Å². The van der Waals surface area contributed by atoms with E-state index in [9.17, 15) is 23.2 Å². The summed E-state index contributed by atoms with van der Waals surface area (Å²) in [6.07, 6.45) is -1.23. The monoisotopic (exact) mass is 522 g/mol. The van der Waals surface area contributed by atoms with Crippen molar-refractivity contribution in [1.82, 2.24) is 4.98 Å². The summed E-state index contributed by atoms with van der Waals surface area (Å²) in [5.74, 6) is -2.50. The molecule has 3 N–H and O–H groups in total. The van der Waals surface area contributed by atoms with Crippen LogP contribution in [0.3, 0.4) is 0 Å². The summed E-state index contributed by atoms with van der Waals surface area (Å²) in [5.41, 5.74) is 0.831. The van der Waals surface area contributed by atoms with E-state index in [-0.39, 0.29) is 39.4 Å². The Hall–Kier alpha value is -4.30. The van der Waals surface area contributed by atoms with Gasteiger partial charge in [-0.1, -0.05) is 48.0 Å². The highest BCUT2D eigenvalue weighted by atomic mass is 35.5. The highest BCUT2D eigenvalue weighted by Gasteiger charge is 2.25. The number of carboxylic acid groups (broad SMARTS) is 1. The fourth-order valence-corrected chi connectivity index (χ4v) is 4.15. The second-order valence-corrected chi connectivity index (χ2v) is 8.75. The van der Waals surface area contributed by atoms with Gasteiger partial charge in [0.1, 0.15) is 0 Å². The Morgan fingerprint density at radius 3 is 2.27 bits per heavy atom. The maximum absolute atomic E-state index is 13.6. The number of carboxylic acids is 1. The first-order valence-corrected chi connectivity index (χ1v) is 11.6. The zero-order chi connectivity index (χ0) is 26.5. The van der Waals surface area contributed by atoms with E-state index >= 15 is 0 Å². The number of pyridine rings is 1. The molecule has 0 unspecified atom stereocenters. The van der Waals surface area contributed by atoms with Crippen LogP contribution >= 0.6 is 11.6 Å². The molecule has 3 aromatic carbocycles. The third-order valence-electron chi connectivity index (χ3n) is 5.86. The highest BCUT2D eigenvalue weighted by Crippen LogP contribution is 2.32. The molecule has 4 rings (SSSR count). The van der Waals surface area contributed by atoms with Gasteiger partial charge in [0.05, 0.1) is 11.5 Å². The molecule has 0 aliphatic rings. The van der Waals surface area contributed by atoms with Gasteiger partial charge in [0.15, 0.2) is 5.43 Å². The van der Waals surface area contributed by atoms with Crippen LogP contribution in [0.1, 0.15) is 39.4 Å². The molecule has 0 aliphatic heterocycles. The van der Waals surface area contributed by atoms with Gasteiger partial charge < -0.3 is 15.4 Å². The number of halogens is 3. The molecular formula is C28H21ClF2N2O4. The Morgan fingerprint density at radius 2 is 1.65 bits per heavy atom. The molecule has 4 aromatic rings. The minimum absolute atomic E-state index is 0.0649. The molecule has 188 valence electrons. The predicted octanol–water partition coefficient (Wildman–Crippen LogP) is 6.30. The SMILES string of the molecule is O=C(O)c1ccc(NC(=O)[C@@H](Cc2ccccc2)c2c[nH]c(-c3cc(Cl)ccc3C(F)F)cc2=O)cc1. The summed E-state index contributed by atoms with van der Waals surface area (Å²) >= 11 is 6.01. The second-order valence-electron chi connectivity index (χ2n) is 8.31. The number of alkyl halides is 2. The summed E-state index contributed by atoms with van der Waals surface area (Å²) in [6, 6.07) is 19.8. The van der Waals surface area contributed by atoms with Crippen molar-refractivity contribution in [1.29, 1.82) is 0 Å². The summed E-state index contributed by atoms with van der Waals surface area (Å²) in [6.45, 7) is 0. The summed E-state index contributed by atoms with van der Waals surface area (Å²) < 4.78 is 27.1. The number of benzene rings is 3. The van der Waals surface area contributed by atoms with Gasteiger partial charge in [0.25, 0.3) is 6.43 Å². The van der Waals surface area contributed by atoms with Crippen molar-refractivity contribution in [3.8, 4) is 11.3 Å². The molecule has 1 atom stereocenters. The number of aromatic carboxylic acids is 1. The maximum Gasteiger partial charge on any atom is 0.335 e. The molecule has 37 heavy (non-hydrogen) atoms. The van der Waals surface area contributed by atoms with Crippen LogP contribution in [-0.2, 0) is 11.2 Å². The normalized spacial score (nSPS) is 11.8. The molecule has 9 heteroatoms. The van der Waals surface area contributed by atoms with Crippen LogP contribution < -0.4 is 10.7 Å². The van der Waals surface area contributed by atoms with Crippen LogP contribution in [0.15, 0.2) is 89.9 Å². The number of aromatic nitrogens is 1. The Kier molecular flexibility index (Phi) is 7.79. The number of rotatable bonds is 8. The smallest absolute Gasteiger partial charge is 0.335 e. The first-order chi connectivity index (χ1) is 17.7. The van der Waals surface area contributed by atoms with Crippen molar-refractivity contribution in [3.63, 3.8) is 0 Å². The van der Waals surface area contributed by atoms with Crippen LogP contribution in [0.25, 0.3) is 11.3 Å². The lowest BCUT2D eigenvalue weighted by molar-refractivity contribution is -0.117. The first kappa shape index (κ1) is 25.8. The zero-order valence-corrected chi connectivity index (χ0v) is 20.0. The average Bonchev–Trinajstić information content (AvgIpc) is 2.88. The van der Waals surface area contributed by atoms with E-state index < -0.39 is 29.6 Å². The van der Waals surface area contributed by atoms with Gasteiger partial charge >= 0.3 is 5.97 Å². The van der Waals surface area contributed by atoms with Crippen LogP contribution in [0, 0.1) is 0 Å². The van der Waals surface area contributed by atoms with Crippen molar-refractivity contribution < 1.29 is 23.5 Å². The lowest BCUT2D eigenvalue weighted by atomic mass is 9.91. The predicted molar refractivity (Wildman–Crippen MR) is 137 cm³/mol. The highest BCUT2D eigenvalue weighted by molar-refractivity contribution is 6.30. The van der Waals surface area contributed by atoms with Crippen molar-refractivity contribution in [3.05, 3.63) is 123 Å².